The van der Waals surface area contributed by atoms with E-state index >= 15 is 0 Å². The molecule has 2 fully saturated rings. The first-order chi connectivity index (χ1) is 8.55. The van der Waals surface area contributed by atoms with E-state index in [9.17, 15) is 0 Å². The molecule has 0 aliphatic heterocycles. The van der Waals surface area contributed by atoms with E-state index in [0.717, 1.165) is 11.6 Å². The molecule has 1 nitrogen and oxygen atoms in total. The molecule has 3 rings (SSSR count). The molecule has 2 aliphatic rings. The third-order valence-corrected chi connectivity index (χ3v) is 5.01. The number of nitrogens with one attached hydrogen (secondary N) is 1. The van der Waals surface area contributed by atoms with Crippen LogP contribution in [0.4, 0.5) is 0 Å². The molecule has 0 unspecified atom stereocenters. The van der Waals surface area contributed by atoms with Crippen LogP contribution in [0.2, 0.25) is 5.02 Å². The van der Waals surface area contributed by atoms with Crippen molar-refractivity contribution in [1.82, 2.24) is 5.32 Å². The van der Waals surface area contributed by atoms with Gasteiger partial charge in [0.1, 0.15) is 0 Å². The van der Waals surface area contributed by atoms with Crippen molar-refractivity contribution in [3.63, 3.8) is 0 Å². The first-order valence-electron chi connectivity index (χ1n) is 7.04. The lowest BCUT2D eigenvalue weighted by molar-refractivity contribution is 0.114. The van der Waals surface area contributed by atoms with Crippen molar-refractivity contribution in [2.45, 2.75) is 51.0 Å². The Morgan fingerprint density at radius 3 is 2.44 bits per heavy atom. The Labute approximate surface area is 115 Å². The van der Waals surface area contributed by atoms with Crippen LogP contribution >= 0.6 is 11.6 Å². The van der Waals surface area contributed by atoms with Crippen LogP contribution in [-0.2, 0) is 5.41 Å². The Kier molecular flexibility index (Phi) is 2.95. The fraction of sp³-hybridized carbons (Fsp3) is 0.625. The average molecular weight is 264 g/mol. The maximum atomic E-state index is 6.42. The number of hydrogen-bond acceptors (Lipinski definition) is 1. The molecule has 1 aromatic carbocycles. The van der Waals surface area contributed by atoms with Crippen molar-refractivity contribution < 1.29 is 0 Å². The summed E-state index contributed by atoms with van der Waals surface area (Å²) in [7, 11) is 0. The molecule has 98 valence electrons. The van der Waals surface area contributed by atoms with Gasteiger partial charge in [-0.25, -0.2) is 0 Å². The smallest absolute Gasteiger partial charge is 0.0444 e. The maximum absolute atomic E-state index is 6.42. The van der Waals surface area contributed by atoms with Crippen molar-refractivity contribution >= 4 is 11.6 Å². The van der Waals surface area contributed by atoms with Gasteiger partial charge in [-0.05, 0) is 42.7 Å². The van der Waals surface area contributed by atoms with Crippen LogP contribution in [-0.4, -0.2) is 12.6 Å². The van der Waals surface area contributed by atoms with Gasteiger partial charge in [-0.1, -0.05) is 43.6 Å². The molecule has 0 aromatic heterocycles. The summed E-state index contributed by atoms with van der Waals surface area (Å²) in [6, 6.07) is 8.95. The Morgan fingerprint density at radius 1 is 1.22 bits per heavy atom. The first kappa shape index (κ1) is 12.5. The standard InChI is InChI=1S/C16H22ClN/c1-12(2)18-11-16(9-15(10-16)7-8-15)13-5-3-4-6-14(13)17/h3-6,12,18H,7-11H2,1-2H3. The number of halogens is 1. The molecule has 2 heteroatoms. The molecule has 1 aromatic rings. The topological polar surface area (TPSA) is 12.0 Å². The molecule has 0 saturated heterocycles. The number of benzene rings is 1. The van der Waals surface area contributed by atoms with Gasteiger partial charge in [0.2, 0.25) is 0 Å². The van der Waals surface area contributed by atoms with Crippen LogP contribution in [0.3, 0.4) is 0 Å². The van der Waals surface area contributed by atoms with Crippen LogP contribution in [0.15, 0.2) is 24.3 Å². The van der Waals surface area contributed by atoms with E-state index in [-0.39, 0.29) is 0 Å². The minimum Gasteiger partial charge on any atom is -0.314 e. The molecule has 0 bridgehead atoms. The average Bonchev–Trinajstić information content (AvgIpc) is 3.05. The molecule has 0 radical (unpaired) electrons. The molecule has 0 heterocycles. The van der Waals surface area contributed by atoms with Crippen LogP contribution in [0.1, 0.15) is 45.1 Å². The van der Waals surface area contributed by atoms with Crippen LogP contribution in [0.25, 0.3) is 0 Å². The molecule has 2 saturated carbocycles. The van der Waals surface area contributed by atoms with Gasteiger partial charge in [0.05, 0.1) is 0 Å². The van der Waals surface area contributed by atoms with Gasteiger partial charge >= 0.3 is 0 Å². The van der Waals surface area contributed by atoms with Gasteiger partial charge in [0.25, 0.3) is 0 Å². The van der Waals surface area contributed by atoms with Crippen LogP contribution < -0.4 is 5.32 Å². The number of rotatable bonds is 4. The molecular weight excluding hydrogens is 242 g/mol. The highest BCUT2D eigenvalue weighted by molar-refractivity contribution is 6.31. The Hall–Kier alpha value is -0.530. The first-order valence-corrected chi connectivity index (χ1v) is 7.42. The summed E-state index contributed by atoms with van der Waals surface area (Å²) in [4.78, 5) is 0. The van der Waals surface area contributed by atoms with E-state index in [1.165, 1.54) is 31.2 Å². The number of hydrogen-bond donors (Lipinski definition) is 1. The monoisotopic (exact) mass is 263 g/mol. The molecule has 0 amide bonds. The Balaban J connectivity index is 1.84. The molecule has 2 aliphatic carbocycles. The summed E-state index contributed by atoms with van der Waals surface area (Å²) in [5.74, 6) is 0. The predicted molar refractivity (Wildman–Crippen MR) is 77.2 cm³/mol. The van der Waals surface area contributed by atoms with Gasteiger partial charge in [0.15, 0.2) is 0 Å². The van der Waals surface area contributed by atoms with Gasteiger partial charge in [-0.3, -0.25) is 0 Å². The predicted octanol–water partition coefficient (Wildman–Crippen LogP) is 4.15. The highest BCUT2D eigenvalue weighted by Crippen LogP contribution is 2.69. The third kappa shape index (κ3) is 2.08. The fourth-order valence-electron chi connectivity index (χ4n) is 3.62. The fourth-order valence-corrected chi connectivity index (χ4v) is 3.95. The van der Waals surface area contributed by atoms with E-state index in [1.807, 2.05) is 12.1 Å². The maximum Gasteiger partial charge on any atom is 0.0444 e. The lowest BCUT2D eigenvalue weighted by Crippen LogP contribution is -2.51. The van der Waals surface area contributed by atoms with E-state index < -0.39 is 0 Å². The summed E-state index contributed by atoms with van der Waals surface area (Å²) in [5, 5.41) is 4.56. The van der Waals surface area contributed by atoms with E-state index in [2.05, 4.69) is 31.3 Å². The minimum atomic E-state index is 0.291. The quantitative estimate of drug-likeness (QED) is 0.861. The zero-order chi connectivity index (χ0) is 12.8. The van der Waals surface area contributed by atoms with Crippen molar-refractivity contribution in [2.24, 2.45) is 5.41 Å². The lowest BCUT2D eigenvalue weighted by atomic mass is 9.56. The van der Waals surface area contributed by atoms with Crippen molar-refractivity contribution in [3.05, 3.63) is 34.9 Å². The van der Waals surface area contributed by atoms with Gasteiger partial charge in [0, 0.05) is 23.0 Å². The zero-order valence-corrected chi connectivity index (χ0v) is 12.1. The van der Waals surface area contributed by atoms with Crippen molar-refractivity contribution in [2.75, 3.05) is 6.54 Å². The molecule has 0 atom stereocenters. The van der Waals surface area contributed by atoms with Crippen LogP contribution in [0, 0.1) is 5.41 Å². The summed E-state index contributed by atoms with van der Waals surface area (Å²) in [5.41, 5.74) is 2.34. The zero-order valence-electron chi connectivity index (χ0n) is 11.3. The normalized spacial score (nSPS) is 23.1. The Morgan fingerprint density at radius 2 is 1.89 bits per heavy atom. The van der Waals surface area contributed by atoms with E-state index in [1.54, 1.807) is 0 Å². The van der Waals surface area contributed by atoms with Crippen molar-refractivity contribution in [1.29, 1.82) is 0 Å². The Bertz CT molecular complexity index is 440. The SMILES string of the molecule is CC(C)NCC1(c2ccccc2Cl)CC2(CC2)C1. The van der Waals surface area contributed by atoms with Crippen molar-refractivity contribution in [3.8, 4) is 0 Å². The van der Waals surface area contributed by atoms with E-state index in [4.69, 9.17) is 11.6 Å². The summed E-state index contributed by atoms with van der Waals surface area (Å²) in [6.45, 7) is 5.49. The third-order valence-electron chi connectivity index (χ3n) is 4.68. The second-order valence-corrected chi connectivity index (χ2v) is 7.06. The van der Waals surface area contributed by atoms with Gasteiger partial charge in [-0.2, -0.15) is 0 Å². The lowest BCUT2D eigenvalue weighted by Gasteiger charge is -2.50. The second-order valence-electron chi connectivity index (χ2n) is 6.65. The summed E-state index contributed by atoms with van der Waals surface area (Å²) in [6.07, 6.45) is 5.51. The highest BCUT2D eigenvalue weighted by Gasteiger charge is 2.61. The largest absolute Gasteiger partial charge is 0.314 e. The molecular formula is C16H22ClN. The summed E-state index contributed by atoms with van der Waals surface area (Å²) < 4.78 is 0. The second kappa shape index (κ2) is 4.25. The molecule has 18 heavy (non-hydrogen) atoms. The van der Waals surface area contributed by atoms with Crippen LogP contribution in [0.5, 0.6) is 0 Å². The molecule has 1 spiro atoms. The van der Waals surface area contributed by atoms with Gasteiger partial charge in [-0.15, -0.1) is 0 Å². The highest BCUT2D eigenvalue weighted by atomic mass is 35.5. The van der Waals surface area contributed by atoms with E-state index in [0.29, 0.717) is 16.9 Å². The van der Waals surface area contributed by atoms with Gasteiger partial charge < -0.3 is 5.32 Å². The minimum absolute atomic E-state index is 0.291. The molecule has 1 N–H and O–H groups in total. The summed E-state index contributed by atoms with van der Waals surface area (Å²) >= 11 is 6.42.